The maximum atomic E-state index is 13.4. The Balaban J connectivity index is 0.000000180. The van der Waals surface area contributed by atoms with Crippen molar-refractivity contribution in [2.24, 2.45) is 0 Å². The van der Waals surface area contributed by atoms with Gasteiger partial charge in [0.05, 0.1) is 64.6 Å². The van der Waals surface area contributed by atoms with Gasteiger partial charge in [-0.1, -0.05) is 104 Å². The van der Waals surface area contributed by atoms with Gasteiger partial charge in [0.15, 0.2) is 23.0 Å². The van der Waals surface area contributed by atoms with E-state index in [1.165, 1.54) is 18.5 Å². The lowest BCUT2D eigenvalue weighted by molar-refractivity contribution is 0.0255. The fourth-order valence-corrected chi connectivity index (χ4v) is 12.6. The van der Waals surface area contributed by atoms with Crippen molar-refractivity contribution in [3.05, 3.63) is 210 Å². The molecule has 1 atom stereocenters. The van der Waals surface area contributed by atoms with Crippen molar-refractivity contribution >= 4 is 35.2 Å². The van der Waals surface area contributed by atoms with Crippen LogP contribution in [-0.4, -0.2) is 182 Å². The number of ether oxygens (including phenoxy) is 1. The molecule has 0 saturated carbocycles. The molecule has 9 heterocycles. The number of carbonyl (C=O) groups excluding carboxylic acids is 3. The van der Waals surface area contributed by atoms with Crippen LogP contribution in [0.5, 0.6) is 0 Å². The number of anilines is 2. The summed E-state index contributed by atoms with van der Waals surface area (Å²) < 4.78 is 23.0. The molecule has 29 heteroatoms. The summed E-state index contributed by atoms with van der Waals surface area (Å²) in [5.74, 6) is 1.56. The zero-order valence-corrected chi connectivity index (χ0v) is 61.9. The third-order valence-corrected chi connectivity index (χ3v) is 18.5. The Morgan fingerprint density at radius 1 is 0.523 bits per heavy atom. The first-order chi connectivity index (χ1) is 53.9. The summed E-state index contributed by atoms with van der Waals surface area (Å²) in [7, 11) is 0. The van der Waals surface area contributed by atoms with Crippen LogP contribution in [0.4, 0.5) is 16.4 Å². The highest BCUT2D eigenvalue weighted by Crippen LogP contribution is 2.34. The number of nitriles is 2. The van der Waals surface area contributed by atoms with Crippen molar-refractivity contribution in [2.75, 3.05) is 83.5 Å². The number of nitrogen functional groups attached to an aromatic ring is 2. The zero-order valence-electron chi connectivity index (χ0n) is 61.9. The van der Waals surface area contributed by atoms with Crippen LogP contribution in [0.1, 0.15) is 94.3 Å². The molecule has 3 amide bonds. The number of rotatable bonds is 14. The Labute approximate surface area is 644 Å². The Bertz CT molecular complexity index is 5420. The van der Waals surface area contributed by atoms with E-state index in [-0.39, 0.29) is 56.5 Å². The second kappa shape index (κ2) is 34.4. The third-order valence-electron chi connectivity index (χ3n) is 18.5. The maximum Gasteiger partial charge on any atom is 0.410 e. The summed E-state index contributed by atoms with van der Waals surface area (Å²) >= 11 is 0. The van der Waals surface area contributed by atoms with Crippen molar-refractivity contribution < 1.29 is 36.7 Å². The first-order valence-electron chi connectivity index (χ1n) is 36.3. The topological polar surface area (TPSA) is 391 Å². The van der Waals surface area contributed by atoms with Gasteiger partial charge in [0, 0.05) is 126 Å². The number of carbonyl (C=O) groups is 3. The maximum absolute atomic E-state index is 13.4. The van der Waals surface area contributed by atoms with Crippen molar-refractivity contribution in [2.45, 2.75) is 65.5 Å². The normalized spacial score (nSPS) is 14.4. The number of aromatic nitrogens is 12. The Kier molecular flexibility index (Phi) is 23.4. The molecule has 3 saturated heterocycles. The Morgan fingerprint density at radius 2 is 0.964 bits per heavy atom. The molecule has 15 rings (SSSR count). The summed E-state index contributed by atoms with van der Waals surface area (Å²) in [6.45, 7) is 21.5. The summed E-state index contributed by atoms with van der Waals surface area (Å²) in [6.07, 6.45) is 6.92. The van der Waals surface area contributed by atoms with Gasteiger partial charge in [0.2, 0.25) is 17.7 Å². The Morgan fingerprint density at radius 3 is 1.47 bits per heavy atom. The molecular formula is C82H86N22O7. The van der Waals surface area contributed by atoms with Crippen LogP contribution in [0, 0.1) is 29.6 Å². The molecule has 111 heavy (non-hydrogen) atoms. The van der Waals surface area contributed by atoms with E-state index in [0.29, 0.717) is 120 Å². The minimum atomic E-state index is -0.597. The van der Waals surface area contributed by atoms with Gasteiger partial charge in [0.25, 0.3) is 29.5 Å². The van der Waals surface area contributed by atoms with Gasteiger partial charge in [-0.25, -0.2) is 29.7 Å². The van der Waals surface area contributed by atoms with E-state index in [9.17, 15) is 24.9 Å². The first-order valence-corrected chi connectivity index (χ1v) is 36.3. The molecule has 3 aliphatic rings. The van der Waals surface area contributed by atoms with Crippen molar-refractivity contribution in [1.82, 2.24) is 90.7 Å². The van der Waals surface area contributed by atoms with E-state index in [2.05, 4.69) is 121 Å². The minimum absolute atomic E-state index is 0. The van der Waals surface area contributed by atoms with Crippen molar-refractivity contribution in [3.63, 3.8) is 0 Å². The molecule has 12 aromatic rings. The van der Waals surface area contributed by atoms with Gasteiger partial charge >= 0.3 is 6.09 Å². The standard InChI is InChI=1S/C30H30N8O4.C27H28N6O.C25H22N8O2.3H2/c1-30(2,3)42-29(40)38-13-7-12-37(14-15-38)28(39)20-10-11-22(21(16-20)17-31)23-18-33-25(32)24(34-23)27-36-35-26(41-27)19-8-5-4-6-9-19;1-4-23-17-33(15-14-28-23)19(3)20-10-12-21(13-11-20)24-16-29-18(2)25(30-24)27-32-31-26(34-27)22-8-6-5-7-9-22;26-14-18-13-17(25(34)33-11-4-9-28-10-12-33)7-8-19(18)20-15-29-22(27)21(30-20)24-32-31-23(35-24)16-5-2-1-3-6-16;;;/h4-6,8-11,16,18H,7,12-15H2,1-3H3,(H2,32,33);5-13,16,23,28H,3-4,14-15,17H2,1-2H3;1-3,5-8,13,15,28H,4,9-12H2,(H2,27,29);3*1H. The van der Waals surface area contributed by atoms with Crippen LogP contribution >= 0.6 is 0 Å². The highest BCUT2D eigenvalue weighted by molar-refractivity contribution is 5.96. The van der Waals surface area contributed by atoms with Gasteiger partial charge in [-0.05, 0) is 120 Å². The van der Waals surface area contributed by atoms with Crippen LogP contribution in [-0.2, 0) is 4.74 Å². The largest absolute Gasteiger partial charge is 0.444 e. The van der Waals surface area contributed by atoms with E-state index in [1.54, 1.807) is 51.2 Å². The average molecular weight is 1490 g/mol. The molecule has 566 valence electrons. The lowest BCUT2D eigenvalue weighted by Gasteiger charge is -2.36. The molecule has 6 aromatic carbocycles. The number of amides is 3. The molecule has 0 spiro atoms. The number of hydrogen-bond donors (Lipinski definition) is 4. The van der Waals surface area contributed by atoms with Gasteiger partial charge in [0.1, 0.15) is 11.3 Å². The highest BCUT2D eigenvalue weighted by Gasteiger charge is 2.29. The fraction of sp³-hybridized carbons (Fsp3) is 0.256. The quantitative estimate of drug-likeness (QED) is 0.0785. The van der Waals surface area contributed by atoms with Crippen LogP contribution in [0.2, 0.25) is 0 Å². The number of aryl methyl sites for hydroxylation is 1. The lowest BCUT2D eigenvalue weighted by Crippen LogP contribution is -2.49. The summed E-state index contributed by atoms with van der Waals surface area (Å²) in [6, 6.07) is 51.3. The Hall–Kier alpha value is -13.8. The van der Waals surface area contributed by atoms with E-state index < -0.39 is 11.7 Å². The summed E-state index contributed by atoms with van der Waals surface area (Å²) in [5.41, 5.74) is 22.7. The zero-order chi connectivity index (χ0) is 77.5. The fourth-order valence-electron chi connectivity index (χ4n) is 12.6. The number of piperazine rings is 1. The monoisotopic (exact) mass is 1490 g/mol. The van der Waals surface area contributed by atoms with Crippen LogP contribution in [0.3, 0.4) is 0 Å². The molecule has 0 radical (unpaired) electrons. The molecular weight excluding hydrogens is 1410 g/mol. The summed E-state index contributed by atoms with van der Waals surface area (Å²) in [5, 5.41) is 51.3. The van der Waals surface area contributed by atoms with Gasteiger partial charge < -0.3 is 59.7 Å². The second-order valence-electron chi connectivity index (χ2n) is 27.3. The number of nitrogens with one attached hydrogen (secondary N) is 2. The molecule has 1 unspecified atom stereocenters. The molecule has 6 aromatic heterocycles. The second-order valence-corrected chi connectivity index (χ2v) is 27.3. The average Bonchev–Trinajstić information content (AvgIpc) is 1.44. The molecule has 0 aliphatic carbocycles. The number of hydrogen-bond acceptors (Lipinski definition) is 26. The van der Waals surface area contributed by atoms with E-state index in [0.717, 1.165) is 90.5 Å². The van der Waals surface area contributed by atoms with Gasteiger partial charge in [-0.3, -0.25) is 14.6 Å². The minimum Gasteiger partial charge on any atom is -0.444 e. The van der Waals surface area contributed by atoms with E-state index in [4.69, 9.17) is 34.4 Å². The van der Waals surface area contributed by atoms with E-state index in [1.807, 2.05) is 119 Å². The van der Waals surface area contributed by atoms with Crippen LogP contribution < -0.4 is 22.1 Å². The third kappa shape index (κ3) is 18.1. The molecule has 6 N–H and O–H groups in total. The number of nitrogens with zero attached hydrogens (tertiary/aromatic N) is 18. The van der Waals surface area contributed by atoms with Crippen molar-refractivity contribution in [3.8, 4) is 115 Å². The lowest BCUT2D eigenvalue weighted by atomic mass is 10.0. The predicted octanol–water partition coefficient (Wildman–Crippen LogP) is 12.7. The van der Waals surface area contributed by atoms with Gasteiger partial charge in [-0.15, -0.1) is 30.6 Å². The highest BCUT2D eigenvalue weighted by atomic mass is 16.6. The predicted molar refractivity (Wildman–Crippen MR) is 422 cm³/mol. The molecule has 3 aliphatic heterocycles. The first kappa shape index (κ1) is 75.5. The summed E-state index contributed by atoms with van der Waals surface area (Å²) in [4.78, 5) is 73.3. The molecule has 0 bridgehead atoms. The SMILES string of the molecule is C=C(c1ccc(-c2cnc(C)c(-c3nnc(-c4ccccc4)o3)n2)cc1)N1CCNC(CC)C1.CC(C)(C)OC(=O)N1CCCN(C(=O)c2ccc(-c3cnc(N)c(-c4nnc(-c5ccccc5)o4)n3)c(C#N)c2)CC1.N#Cc1cc(C(=O)N2CCCNCC2)ccc1-c1cnc(N)c(-c2nnc(-c3ccccc3)o2)n1.[HH].[HH].[HH]. The van der Waals surface area contributed by atoms with Crippen molar-refractivity contribution in [1.29, 1.82) is 10.5 Å². The van der Waals surface area contributed by atoms with Crippen LogP contribution in [0.25, 0.3) is 109 Å². The molecule has 29 nitrogen and oxygen atoms in total. The smallest absolute Gasteiger partial charge is 0.410 e. The number of benzene rings is 6. The van der Waals surface area contributed by atoms with Gasteiger partial charge in [-0.2, -0.15) is 10.5 Å². The number of nitrogens with two attached hydrogens (primary N) is 2. The molecule has 3 fully saturated rings. The van der Waals surface area contributed by atoms with Crippen LogP contribution in [0.15, 0.2) is 190 Å². The van der Waals surface area contributed by atoms with E-state index >= 15 is 0 Å².